The van der Waals surface area contributed by atoms with Gasteiger partial charge in [-0.3, -0.25) is 4.79 Å². The maximum Gasteiger partial charge on any atom is 0.222 e. The first-order chi connectivity index (χ1) is 14.2. The molecule has 2 fully saturated rings. The quantitative estimate of drug-likeness (QED) is 0.749. The second kappa shape index (κ2) is 8.99. The zero-order chi connectivity index (χ0) is 20.2. The molecule has 4 rings (SSSR count). The van der Waals surface area contributed by atoms with Crippen molar-refractivity contribution in [1.29, 1.82) is 0 Å². The minimum absolute atomic E-state index is 0.244. The van der Waals surface area contributed by atoms with E-state index >= 15 is 0 Å². The Morgan fingerprint density at radius 3 is 2.69 bits per heavy atom. The van der Waals surface area contributed by atoms with E-state index in [9.17, 15) is 4.79 Å². The maximum absolute atomic E-state index is 12.8. The Hall–Kier alpha value is -2.34. The number of hydrogen-bond acceptors (Lipinski definition) is 4. The first kappa shape index (κ1) is 20.0. The van der Waals surface area contributed by atoms with Crippen molar-refractivity contribution in [2.24, 2.45) is 0 Å². The molecule has 1 amide bonds. The van der Waals surface area contributed by atoms with Crippen LogP contribution in [0.1, 0.15) is 54.7 Å². The highest BCUT2D eigenvalue weighted by Crippen LogP contribution is 2.32. The number of carbonyl (C=O) groups is 1. The molecule has 0 spiro atoms. The molecular weight excluding hydrogens is 366 g/mol. The van der Waals surface area contributed by atoms with Gasteiger partial charge in [-0.1, -0.05) is 12.1 Å². The molecule has 2 aromatic rings. The summed E-state index contributed by atoms with van der Waals surface area (Å²) in [5, 5.41) is 0. The molecular formula is C23H31N3O3. The molecule has 6 heteroatoms. The number of amides is 1. The monoisotopic (exact) mass is 397 g/mol. The Morgan fingerprint density at radius 2 is 1.97 bits per heavy atom. The minimum atomic E-state index is 0.244. The van der Waals surface area contributed by atoms with Crippen LogP contribution in [0.5, 0.6) is 5.75 Å². The number of aromatic nitrogens is 2. The van der Waals surface area contributed by atoms with Gasteiger partial charge in [0.1, 0.15) is 11.6 Å². The Morgan fingerprint density at radius 1 is 1.21 bits per heavy atom. The second-order valence-corrected chi connectivity index (χ2v) is 8.14. The van der Waals surface area contributed by atoms with Crippen LogP contribution in [-0.2, 0) is 16.0 Å². The molecule has 0 saturated carbocycles. The lowest BCUT2D eigenvalue weighted by Gasteiger charge is -2.26. The fourth-order valence-electron chi connectivity index (χ4n) is 4.58. The van der Waals surface area contributed by atoms with E-state index in [-0.39, 0.29) is 5.91 Å². The fraction of sp³-hybridized carbons (Fsp3) is 0.565. The van der Waals surface area contributed by atoms with Crippen molar-refractivity contribution in [3.8, 4) is 5.75 Å². The van der Waals surface area contributed by atoms with E-state index < -0.39 is 0 Å². The van der Waals surface area contributed by atoms with Gasteiger partial charge in [0.15, 0.2) is 0 Å². The molecule has 1 atom stereocenters. The summed E-state index contributed by atoms with van der Waals surface area (Å²) < 4.78 is 13.1. The van der Waals surface area contributed by atoms with E-state index in [0.29, 0.717) is 18.4 Å². The summed E-state index contributed by atoms with van der Waals surface area (Å²) in [6.45, 7) is 5.38. The number of hydrogen-bond donors (Lipinski definition) is 0. The van der Waals surface area contributed by atoms with Crippen molar-refractivity contribution in [1.82, 2.24) is 14.5 Å². The summed E-state index contributed by atoms with van der Waals surface area (Å²) in [6.07, 6.45) is 6.37. The van der Waals surface area contributed by atoms with Crippen molar-refractivity contribution in [2.45, 2.75) is 51.0 Å². The highest BCUT2D eigenvalue weighted by atomic mass is 16.5. The average molecular weight is 398 g/mol. The van der Waals surface area contributed by atoms with Gasteiger partial charge in [0.05, 0.1) is 13.2 Å². The summed E-state index contributed by atoms with van der Waals surface area (Å²) in [6, 6.07) is 8.30. The summed E-state index contributed by atoms with van der Waals surface area (Å²) in [5.74, 6) is 2.74. The Bertz CT molecular complexity index is 824. The predicted octanol–water partition coefficient (Wildman–Crippen LogP) is 3.50. The van der Waals surface area contributed by atoms with Gasteiger partial charge in [0, 0.05) is 50.5 Å². The zero-order valence-corrected chi connectivity index (χ0v) is 17.5. The van der Waals surface area contributed by atoms with Crippen LogP contribution in [0.15, 0.2) is 30.5 Å². The van der Waals surface area contributed by atoms with Crippen molar-refractivity contribution >= 4 is 5.91 Å². The first-order valence-electron chi connectivity index (χ1n) is 10.7. The van der Waals surface area contributed by atoms with E-state index in [0.717, 1.165) is 57.7 Å². The SMILES string of the molecule is COc1ccc(CCC(=O)N2CCC(n3c(C)cnc3C3CCOCC3)C2)cc1. The van der Waals surface area contributed by atoms with E-state index in [1.165, 1.54) is 17.1 Å². The number of methoxy groups -OCH3 is 1. The van der Waals surface area contributed by atoms with E-state index in [4.69, 9.17) is 14.5 Å². The summed E-state index contributed by atoms with van der Waals surface area (Å²) in [7, 11) is 1.66. The number of ether oxygens (including phenoxy) is 2. The van der Waals surface area contributed by atoms with Gasteiger partial charge in [-0.15, -0.1) is 0 Å². The number of benzene rings is 1. The van der Waals surface area contributed by atoms with Gasteiger partial charge in [0.2, 0.25) is 5.91 Å². The van der Waals surface area contributed by atoms with Crippen molar-refractivity contribution in [2.75, 3.05) is 33.4 Å². The highest BCUT2D eigenvalue weighted by molar-refractivity contribution is 5.76. The lowest BCUT2D eigenvalue weighted by atomic mass is 9.99. The number of imidazole rings is 1. The summed E-state index contributed by atoms with van der Waals surface area (Å²) >= 11 is 0. The van der Waals surface area contributed by atoms with Gasteiger partial charge in [-0.25, -0.2) is 4.98 Å². The molecule has 1 aromatic heterocycles. The molecule has 2 aliphatic rings. The lowest BCUT2D eigenvalue weighted by Crippen LogP contribution is -2.30. The summed E-state index contributed by atoms with van der Waals surface area (Å²) in [4.78, 5) is 19.6. The Labute approximate surface area is 172 Å². The van der Waals surface area contributed by atoms with Gasteiger partial charge in [-0.05, 0) is 50.3 Å². The maximum atomic E-state index is 12.8. The standard InChI is InChI=1S/C23H31N3O3/c1-17-15-24-23(19-10-13-29-14-11-19)26(17)20-9-12-25(16-20)22(27)8-5-18-3-6-21(28-2)7-4-18/h3-4,6-7,15,19-20H,5,8-14,16H2,1-2H3. The highest BCUT2D eigenvalue weighted by Gasteiger charge is 2.31. The number of nitrogens with zero attached hydrogens (tertiary/aromatic N) is 3. The third kappa shape index (κ3) is 4.47. The molecule has 0 N–H and O–H groups in total. The van der Waals surface area contributed by atoms with Crippen LogP contribution >= 0.6 is 0 Å². The third-order valence-electron chi connectivity index (χ3n) is 6.26. The minimum Gasteiger partial charge on any atom is -0.497 e. The van der Waals surface area contributed by atoms with Crippen LogP contribution in [0.3, 0.4) is 0 Å². The molecule has 2 aliphatic heterocycles. The first-order valence-corrected chi connectivity index (χ1v) is 10.7. The van der Waals surface area contributed by atoms with Crippen LogP contribution in [-0.4, -0.2) is 53.8 Å². The molecule has 0 radical (unpaired) electrons. The van der Waals surface area contributed by atoms with Gasteiger partial charge in [-0.2, -0.15) is 0 Å². The molecule has 29 heavy (non-hydrogen) atoms. The Balaban J connectivity index is 1.36. The van der Waals surface area contributed by atoms with Gasteiger partial charge in [0.25, 0.3) is 0 Å². The number of aryl methyl sites for hydroxylation is 2. The van der Waals surface area contributed by atoms with E-state index in [1.54, 1.807) is 7.11 Å². The van der Waals surface area contributed by atoms with Crippen LogP contribution < -0.4 is 4.74 Å². The molecule has 0 bridgehead atoms. The topological polar surface area (TPSA) is 56.6 Å². The molecule has 1 unspecified atom stereocenters. The van der Waals surface area contributed by atoms with Gasteiger partial charge < -0.3 is 18.9 Å². The zero-order valence-electron chi connectivity index (χ0n) is 17.5. The number of rotatable bonds is 6. The third-order valence-corrected chi connectivity index (χ3v) is 6.26. The van der Waals surface area contributed by atoms with Crippen LogP contribution in [0.2, 0.25) is 0 Å². The molecule has 2 saturated heterocycles. The largest absolute Gasteiger partial charge is 0.497 e. The number of likely N-dealkylation sites (tertiary alicyclic amines) is 1. The van der Waals surface area contributed by atoms with Crippen molar-refractivity contribution in [3.05, 3.63) is 47.5 Å². The predicted molar refractivity (Wildman–Crippen MR) is 111 cm³/mol. The smallest absolute Gasteiger partial charge is 0.222 e. The molecule has 156 valence electrons. The van der Waals surface area contributed by atoms with Crippen LogP contribution in [0, 0.1) is 6.92 Å². The average Bonchev–Trinajstić information content (AvgIpc) is 3.39. The molecule has 0 aliphatic carbocycles. The lowest BCUT2D eigenvalue weighted by molar-refractivity contribution is -0.130. The van der Waals surface area contributed by atoms with E-state index in [1.807, 2.05) is 35.4 Å². The molecule has 6 nitrogen and oxygen atoms in total. The second-order valence-electron chi connectivity index (χ2n) is 8.14. The normalized spacial score (nSPS) is 20.2. The van der Waals surface area contributed by atoms with Crippen LogP contribution in [0.25, 0.3) is 0 Å². The van der Waals surface area contributed by atoms with E-state index in [2.05, 4.69) is 11.5 Å². The van der Waals surface area contributed by atoms with Crippen LogP contribution in [0.4, 0.5) is 0 Å². The van der Waals surface area contributed by atoms with Crippen molar-refractivity contribution < 1.29 is 14.3 Å². The van der Waals surface area contributed by atoms with Crippen molar-refractivity contribution in [3.63, 3.8) is 0 Å². The molecule has 1 aromatic carbocycles. The molecule has 3 heterocycles. The fourth-order valence-corrected chi connectivity index (χ4v) is 4.58. The Kier molecular flexibility index (Phi) is 6.19. The summed E-state index contributed by atoms with van der Waals surface area (Å²) in [5.41, 5.74) is 2.37. The number of carbonyl (C=O) groups excluding carboxylic acids is 1. The van der Waals surface area contributed by atoms with Gasteiger partial charge >= 0.3 is 0 Å².